The van der Waals surface area contributed by atoms with Crippen molar-refractivity contribution < 1.29 is 24.2 Å². The number of nitrogens with one attached hydrogen (secondary N) is 1. The largest absolute Gasteiger partial charge is 0.482 e. The number of carboxylic acids is 1. The Morgan fingerprint density at radius 1 is 1.42 bits per heavy atom. The van der Waals surface area contributed by atoms with Gasteiger partial charge in [0.2, 0.25) is 0 Å². The van der Waals surface area contributed by atoms with E-state index < -0.39 is 18.5 Å². The Morgan fingerprint density at radius 2 is 2.17 bits per heavy atom. The first-order valence-electron chi connectivity index (χ1n) is 7.54. The molecule has 1 aromatic carbocycles. The topological polar surface area (TPSA) is 109 Å². The monoisotopic (exact) mass is 330 g/mol. The molecule has 7 nitrogen and oxygen atoms in total. The number of carboxylic acid groups (broad SMARTS) is 1. The van der Waals surface area contributed by atoms with Gasteiger partial charge in [0.25, 0.3) is 5.91 Å². The van der Waals surface area contributed by atoms with Crippen LogP contribution in [0.4, 0.5) is 0 Å². The summed E-state index contributed by atoms with van der Waals surface area (Å²) in [5.74, 6) is -1.11. The number of nitriles is 1. The van der Waals surface area contributed by atoms with E-state index in [1.807, 2.05) is 6.07 Å². The highest BCUT2D eigenvalue weighted by Crippen LogP contribution is 2.15. The summed E-state index contributed by atoms with van der Waals surface area (Å²) in [5, 5.41) is 20.4. The fourth-order valence-electron chi connectivity index (χ4n) is 2.23. The lowest BCUT2D eigenvalue weighted by atomic mass is 10.1. The normalized spacial score (nSPS) is 17.1. The Hall–Kier alpha value is -2.85. The van der Waals surface area contributed by atoms with E-state index >= 15 is 0 Å². The maximum Gasteiger partial charge on any atom is 0.341 e. The zero-order valence-electron chi connectivity index (χ0n) is 13.0. The molecule has 1 saturated heterocycles. The Bertz CT molecular complexity index is 655. The summed E-state index contributed by atoms with van der Waals surface area (Å²) >= 11 is 0. The van der Waals surface area contributed by atoms with E-state index in [0.717, 1.165) is 12.8 Å². The van der Waals surface area contributed by atoms with Gasteiger partial charge in [0.05, 0.1) is 6.10 Å². The van der Waals surface area contributed by atoms with Gasteiger partial charge in [-0.15, -0.1) is 0 Å². The van der Waals surface area contributed by atoms with Gasteiger partial charge >= 0.3 is 5.97 Å². The van der Waals surface area contributed by atoms with E-state index in [1.165, 1.54) is 6.08 Å². The van der Waals surface area contributed by atoms with Crippen LogP contribution in [0.1, 0.15) is 18.4 Å². The Morgan fingerprint density at radius 3 is 2.75 bits per heavy atom. The van der Waals surface area contributed by atoms with Gasteiger partial charge in [-0.25, -0.2) is 4.79 Å². The van der Waals surface area contributed by atoms with Crippen molar-refractivity contribution in [1.82, 2.24) is 5.32 Å². The molecule has 7 heteroatoms. The predicted octanol–water partition coefficient (Wildman–Crippen LogP) is 1.35. The summed E-state index contributed by atoms with van der Waals surface area (Å²) in [5.41, 5.74) is 0.633. The predicted molar refractivity (Wildman–Crippen MR) is 85.1 cm³/mol. The number of ether oxygens (including phenoxy) is 2. The lowest BCUT2D eigenvalue weighted by Gasteiger charge is -2.10. The van der Waals surface area contributed by atoms with Crippen molar-refractivity contribution in [3.8, 4) is 11.8 Å². The quantitative estimate of drug-likeness (QED) is 0.577. The third-order valence-corrected chi connectivity index (χ3v) is 3.43. The molecule has 0 radical (unpaired) electrons. The van der Waals surface area contributed by atoms with Crippen molar-refractivity contribution in [3.05, 3.63) is 35.4 Å². The molecule has 1 heterocycles. The highest BCUT2D eigenvalue weighted by atomic mass is 16.5. The molecule has 1 aliphatic heterocycles. The molecule has 24 heavy (non-hydrogen) atoms. The fraction of sp³-hybridized carbons (Fsp3) is 0.353. The Kier molecular flexibility index (Phi) is 6.34. The maximum atomic E-state index is 12.0. The van der Waals surface area contributed by atoms with Gasteiger partial charge in [0.15, 0.2) is 6.61 Å². The molecule has 0 saturated carbocycles. The molecule has 0 aliphatic carbocycles. The van der Waals surface area contributed by atoms with Crippen molar-refractivity contribution in [2.45, 2.75) is 18.9 Å². The van der Waals surface area contributed by atoms with Crippen molar-refractivity contribution in [3.63, 3.8) is 0 Å². The molecule has 0 aromatic heterocycles. The zero-order chi connectivity index (χ0) is 17.4. The van der Waals surface area contributed by atoms with E-state index in [-0.39, 0.29) is 11.7 Å². The molecule has 1 fully saturated rings. The van der Waals surface area contributed by atoms with Crippen molar-refractivity contribution in [2.24, 2.45) is 0 Å². The number of amides is 1. The summed E-state index contributed by atoms with van der Waals surface area (Å²) in [6.45, 7) is 0.669. The van der Waals surface area contributed by atoms with Crippen molar-refractivity contribution in [1.29, 1.82) is 5.26 Å². The van der Waals surface area contributed by atoms with Gasteiger partial charge in [-0.1, -0.05) is 12.1 Å². The van der Waals surface area contributed by atoms with Gasteiger partial charge in [0, 0.05) is 13.2 Å². The van der Waals surface area contributed by atoms with E-state index in [9.17, 15) is 9.59 Å². The SMILES string of the molecule is N#C/C(=C\c1ccc(OCC(=O)O)cc1)C(=O)NC[C@@H]1CCCO1. The molecule has 0 bridgehead atoms. The lowest BCUT2D eigenvalue weighted by molar-refractivity contribution is -0.139. The number of hydrogen-bond donors (Lipinski definition) is 2. The highest BCUT2D eigenvalue weighted by molar-refractivity contribution is 6.01. The average molecular weight is 330 g/mol. The molecular weight excluding hydrogens is 312 g/mol. The van der Waals surface area contributed by atoms with Gasteiger partial charge < -0.3 is 19.9 Å². The van der Waals surface area contributed by atoms with Crippen LogP contribution in [-0.4, -0.2) is 42.8 Å². The van der Waals surface area contributed by atoms with Gasteiger partial charge in [-0.3, -0.25) is 4.79 Å². The molecular formula is C17H18N2O5. The molecule has 126 valence electrons. The van der Waals surface area contributed by atoms with Gasteiger partial charge in [-0.2, -0.15) is 5.26 Å². The van der Waals surface area contributed by atoms with E-state index in [0.29, 0.717) is 24.5 Å². The molecule has 0 unspecified atom stereocenters. The maximum absolute atomic E-state index is 12.0. The number of nitrogens with zero attached hydrogens (tertiary/aromatic N) is 1. The highest BCUT2D eigenvalue weighted by Gasteiger charge is 2.17. The number of hydrogen-bond acceptors (Lipinski definition) is 5. The smallest absolute Gasteiger partial charge is 0.341 e. The second-order valence-corrected chi connectivity index (χ2v) is 5.27. The van der Waals surface area contributed by atoms with Crippen LogP contribution in [0.15, 0.2) is 29.8 Å². The molecule has 0 spiro atoms. The van der Waals surface area contributed by atoms with Crippen LogP contribution >= 0.6 is 0 Å². The van der Waals surface area contributed by atoms with Crippen LogP contribution in [0.2, 0.25) is 0 Å². The molecule has 1 aliphatic rings. The number of rotatable bonds is 7. The first-order valence-corrected chi connectivity index (χ1v) is 7.54. The van der Waals surface area contributed by atoms with Gasteiger partial charge in [-0.05, 0) is 36.6 Å². The third-order valence-electron chi connectivity index (χ3n) is 3.43. The number of carbonyl (C=O) groups excluding carboxylic acids is 1. The van der Waals surface area contributed by atoms with Crippen molar-refractivity contribution >= 4 is 18.0 Å². The summed E-state index contributed by atoms with van der Waals surface area (Å²) < 4.78 is 10.4. The second-order valence-electron chi connectivity index (χ2n) is 5.27. The van der Waals surface area contributed by atoms with Crippen LogP contribution in [0.25, 0.3) is 6.08 Å². The van der Waals surface area contributed by atoms with Crippen LogP contribution < -0.4 is 10.1 Å². The average Bonchev–Trinajstić information content (AvgIpc) is 3.10. The molecule has 1 aromatic rings. The lowest BCUT2D eigenvalue weighted by Crippen LogP contribution is -2.32. The minimum atomic E-state index is -1.06. The summed E-state index contributed by atoms with van der Waals surface area (Å²) in [7, 11) is 0. The Balaban J connectivity index is 1.94. The molecule has 1 amide bonds. The summed E-state index contributed by atoms with van der Waals surface area (Å²) in [6, 6.07) is 8.32. The number of benzene rings is 1. The van der Waals surface area contributed by atoms with Crippen LogP contribution in [0, 0.1) is 11.3 Å². The molecule has 1 atom stereocenters. The number of carbonyl (C=O) groups is 2. The zero-order valence-corrected chi connectivity index (χ0v) is 13.0. The van der Waals surface area contributed by atoms with Crippen molar-refractivity contribution in [2.75, 3.05) is 19.8 Å². The summed E-state index contributed by atoms with van der Waals surface area (Å²) in [6.07, 6.45) is 3.37. The first kappa shape index (κ1) is 17.5. The van der Waals surface area contributed by atoms with Gasteiger partial charge in [0.1, 0.15) is 17.4 Å². The molecule has 2 N–H and O–H groups in total. The second kappa shape index (κ2) is 8.70. The van der Waals surface area contributed by atoms with Crippen LogP contribution in [0.5, 0.6) is 5.75 Å². The van der Waals surface area contributed by atoms with Crippen LogP contribution in [0.3, 0.4) is 0 Å². The summed E-state index contributed by atoms with van der Waals surface area (Å²) in [4.78, 5) is 22.5. The minimum absolute atomic E-state index is 0.00722. The van der Waals surface area contributed by atoms with E-state index in [1.54, 1.807) is 24.3 Å². The van der Waals surface area contributed by atoms with Crippen LogP contribution in [-0.2, 0) is 14.3 Å². The number of aliphatic carboxylic acids is 1. The van der Waals surface area contributed by atoms with E-state index in [4.69, 9.17) is 19.8 Å². The standard InChI is InChI=1S/C17H18N2O5/c18-9-13(17(22)19-10-15-2-1-7-23-15)8-12-3-5-14(6-4-12)24-11-16(20)21/h3-6,8,15H,1-2,7,10-11H2,(H,19,22)(H,20,21)/b13-8+/t15-/m0/s1. The third kappa shape index (κ3) is 5.41. The fourth-order valence-corrected chi connectivity index (χ4v) is 2.23. The minimum Gasteiger partial charge on any atom is -0.482 e. The Labute approximate surface area is 139 Å². The van der Waals surface area contributed by atoms with E-state index in [2.05, 4.69) is 5.32 Å². The first-order chi connectivity index (χ1) is 11.6. The molecule has 2 rings (SSSR count).